The first kappa shape index (κ1) is 21.6. The monoisotopic (exact) mass is 438 g/mol. The molecule has 0 atom stereocenters. The summed E-state index contributed by atoms with van der Waals surface area (Å²) in [6.45, 7) is 5.98. The van der Waals surface area contributed by atoms with Gasteiger partial charge in [0, 0.05) is 50.0 Å². The van der Waals surface area contributed by atoms with Crippen LogP contribution < -0.4 is 0 Å². The number of carbonyl (C=O) groups is 2. The van der Waals surface area contributed by atoms with E-state index in [1.54, 1.807) is 28.0 Å². The highest BCUT2D eigenvalue weighted by molar-refractivity contribution is 6.36. The molecule has 0 aliphatic carbocycles. The van der Waals surface area contributed by atoms with Crippen LogP contribution in [0.2, 0.25) is 10.0 Å². The predicted molar refractivity (Wildman–Crippen MR) is 110 cm³/mol. The fraction of sp³-hybridized carbons (Fsp3) is 0.500. The lowest BCUT2D eigenvalue weighted by Gasteiger charge is -2.35. The van der Waals surface area contributed by atoms with Gasteiger partial charge in [0.25, 0.3) is 5.91 Å². The number of benzene rings is 1. The van der Waals surface area contributed by atoms with Crippen molar-refractivity contribution in [2.45, 2.75) is 39.0 Å². The number of piperazine rings is 1. The van der Waals surface area contributed by atoms with Gasteiger partial charge in [-0.05, 0) is 24.6 Å². The second kappa shape index (κ2) is 9.59. The van der Waals surface area contributed by atoms with Crippen LogP contribution in [-0.4, -0.2) is 57.9 Å². The van der Waals surface area contributed by atoms with Gasteiger partial charge in [-0.2, -0.15) is 4.98 Å². The summed E-state index contributed by atoms with van der Waals surface area (Å²) < 4.78 is 5.20. The lowest BCUT2D eigenvalue weighted by atomic mass is 10.1. The van der Waals surface area contributed by atoms with Gasteiger partial charge in [-0.15, -0.1) is 0 Å². The van der Waals surface area contributed by atoms with Crippen LogP contribution in [0.3, 0.4) is 0 Å². The van der Waals surface area contributed by atoms with Crippen molar-refractivity contribution in [2.24, 2.45) is 0 Å². The number of halogens is 2. The smallest absolute Gasteiger partial charge is 0.255 e. The largest absolute Gasteiger partial charge is 0.339 e. The van der Waals surface area contributed by atoms with Crippen molar-refractivity contribution >= 4 is 35.0 Å². The van der Waals surface area contributed by atoms with Gasteiger partial charge in [-0.3, -0.25) is 9.59 Å². The minimum Gasteiger partial charge on any atom is -0.339 e. The molecule has 2 aromatic rings. The van der Waals surface area contributed by atoms with Gasteiger partial charge in [-0.1, -0.05) is 42.2 Å². The molecule has 1 aromatic heterocycles. The zero-order valence-electron chi connectivity index (χ0n) is 16.5. The molecule has 1 aromatic carbocycles. The molecule has 1 fully saturated rings. The van der Waals surface area contributed by atoms with Crippen molar-refractivity contribution in [2.75, 3.05) is 26.2 Å². The number of aryl methyl sites for hydroxylation is 1. The van der Waals surface area contributed by atoms with E-state index in [2.05, 4.69) is 10.1 Å². The van der Waals surface area contributed by atoms with Crippen molar-refractivity contribution in [1.29, 1.82) is 0 Å². The Hall–Kier alpha value is -2.12. The Balaban J connectivity index is 1.44. The maximum Gasteiger partial charge on any atom is 0.255 e. The van der Waals surface area contributed by atoms with E-state index in [0.29, 0.717) is 72.8 Å². The standard InChI is InChI=1S/C20H24Cl2N4O3/c1-13(2)19-23-17(29-24-19)4-3-5-18(27)25-8-10-26(11-9-25)20(28)15-7-6-14(21)12-16(15)22/h6-7,12-13H,3-5,8-11H2,1-2H3. The minimum atomic E-state index is -0.142. The maximum atomic E-state index is 12.7. The fourth-order valence-corrected chi connectivity index (χ4v) is 3.63. The Morgan fingerprint density at radius 1 is 1.14 bits per heavy atom. The highest BCUT2D eigenvalue weighted by Crippen LogP contribution is 2.23. The average Bonchev–Trinajstić information content (AvgIpc) is 3.17. The van der Waals surface area contributed by atoms with Gasteiger partial charge in [-0.25, -0.2) is 0 Å². The molecule has 29 heavy (non-hydrogen) atoms. The molecule has 0 unspecified atom stereocenters. The summed E-state index contributed by atoms with van der Waals surface area (Å²) in [6.07, 6.45) is 1.65. The highest BCUT2D eigenvalue weighted by atomic mass is 35.5. The van der Waals surface area contributed by atoms with E-state index in [0.717, 1.165) is 0 Å². The molecule has 9 heteroatoms. The third kappa shape index (κ3) is 5.48. The molecule has 0 radical (unpaired) electrons. The van der Waals surface area contributed by atoms with Crippen LogP contribution in [0.5, 0.6) is 0 Å². The summed E-state index contributed by atoms with van der Waals surface area (Å²) in [5.41, 5.74) is 0.427. The van der Waals surface area contributed by atoms with Gasteiger partial charge in [0.05, 0.1) is 10.6 Å². The molecule has 0 N–H and O–H groups in total. The van der Waals surface area contributed by atoms with E-state index in [1.165, 1.54) is 0 Å². The van der Waals surface area contributed by atoms with Crippen LogP contribution in [0.15, 0.2) is 22.7 Å². The average molecular weight is 439 g/mol. The van der Waals surface area contributed by atoms with E-state index < -0.39 is 0 Å². The SMILES string of the molecule is CC(C)c1noc(CCCC(=O)N2CCN(C(=O)c3ccc(Cl)cc3Cl)CC2)n1. The Morgan fingerprint density at radius 2 is 1.83 bits per heavy atom. The van der Waals surface area contributed by atoms with Gasteiger partial charge >= 0.3 is 0 Å². The molecule has 156 valence electrons. The normalized spacial score (nSPS) is 14.5. The van der Waals surface area contributed by atoms with E-state index in [9.17, 15) is 9.59 Å². The second-order valence-corrected chi connectivity index (χ2v) is 8.20. The third-order valence-corrected chi connectivity index (χ3v) is 5.41. The Morgan fingerprint density at radius 3 is 2.45 bits per heavy atom. The molecule has 0 saturated carbocycles. The number of hydrogen-bond acceptors (Lipinski definition) is 5. The second-order valence-electron chi connectivity index (χ2n) is 7.35. The summed E-state index contributed by atoms with van der Waals surface area (Å²) in [5.74, 6) is 1.40. The van der Waals surface area contributed by atoms with Crippen molar-refractivity contribution in [3.8, 4) is 0 Å². The first-order valence-electron chi connectivity index (χ1n) is 9.69. The maximum absolute atomic E-state index is 12.7. The lowest BCUT2D eigenvalue weighted by Crippen LogP contribution is -2.50. The summed E-state index contributed by atoms with van der Waals surface area (Å²) in [5, 5.41) is 4.75. The first-order valence-corrected chi connectivity index (χ1v) is 10.5. The van der Waals surface area contributed by atoms with Gasteiger partial charge in [0.1, 0.15) is 0 Å². The van der Waals surface area contributed by atoms with E-state index in [-0.39, 0.29) is 17.7 Å². The number of amides is 2. The van der Waals surface area contributed by atoms with Crippen molar-refractivity contribution in [3.63, 3.8) is 0 Å². The molecular weight excluding hydrogens is 415 g/mol. The first-order chi connectivity index (χ1) is 13.8. The number of nitrogens with zero attached hydrogens (tertiary/aromatic N) is 4. The lowest BCUT2D eigenvalue weighted by molar-refractivity contribution is -0.132. The fourth-order valence-electron chi connectivity index (χ4n) is 3.15. The molecule has 7 nitrogen and oxygen atoms in total. The summed E-state index contributed by atoms with van der Waals surface area (Å²) >= 11 is 12.0. The molecule has 2 amide bonds. The van der Waals surface area contributed by atoms with Crippen molar-refractivity contribution < 1.29 is 14.1 Å². The molecule has 1 saturated heterocycles. The van der Waals surface area contributed by atoms with E-state index >= 15 is 0 Å². The minimum absolute atomic E-state index is 0.0743. The predicted octanol–water partition coefficient (Wildman–Crippen LogP) is 3.81. The van der Waals surface area contributed by atoms with Crippen LogP contribution in [0, 0.1) is 0 Å². The Labute approximate surface area is 179 Å². The molecule has 1 aliphatic rings. The summed E-state index contributed by atoms with van der Waals surface area (Å²) in [4.78, 5) is 32.9. The summed E-state index contributed by atoms with van der Waals surface area (Å²) in [6, 6.07) is 4.84. The highest BCUT2D eigenvalue weighted by Gasteiger charge is 2.25. The molecular formula is C20H24Cl2N4O3. The molecule has 2 heterocycles. The quantitative estimate of drug-likeness (QED) is 0.684. The molecule has 0 spiro atoms. The van der Waals surface area contributed by atoms with E-state index in [1.807, 2.05) is 13.8 Å². The topological polar surface area (TPSA) is 79.5 Å². The Kier molecular flexibility index (Phi) is 7.14. The number of rotatable bonds is 6. The van der Waals surface area contributed by atoms with Gasteiger partial charge in [0.2, 0.25) is 11.8 Å². The number of carbonyl (C=O) groups excluding carboxylic acids is 2. The van der Waals surface area contributed by atoms with Crippen molar-refractivity contribution in [1.82, 2.24) is 19.9 Å². The number of hydrogen-bond donors (Lipinski definition) is 0. The van der Waals surface area contributed by atoms with Crippen LogP contribution in [0.25, 0.3) is 0 Å². The third-order valence-electron chi connectivity index (χ3n) is 4.86. The van der Waals surface area contributed by atoms with E-state index in [4.69, 9.17) is 27.7 Å². The van der Waals surface area contributed by atoms with Crippen LogP contribution in [0.1, 0.15) is 54.7 Å². The Bertz CT molecular complexity index is 876. The van der Waals surface area contributed by atoms with Gasteiger partial charge in [0.15, 0.2) is 5.82 Å². The molecule has 3 rings (SSSR count). The van der Waals surface area contributed by atoms with Gasteiger partial charge < -0.3 is 14.3 Å². The zero-order valence-corrected chi connectivity index (χ0v) is 18.0. The molecule has 1 aliphatic heterocycles. The molecule has 0 bridgehead atoms. The number of aromatic nitrogens is 2. The van der Waals surface area contributed by atoms with Crippen LogP contribution in [-0.2, 0) is 11.2 Å². The summed E-state index contributed by atoms with van der Waals surface area (Å²) in [7, 11) is 0. The van der Waals surface area contributed by atoms with Crippen molar-refractivity contribution in [3.05, 3.63) is 45.5 Å². The van der Waals surface area contributed by atoms with Crippen LogP contribution in [0.4, 0.5) is 0 Å². The zero-order chi connectivity index (χ0) is 21.0. The van der Waals surface area contributed by atoms with Crippen LogP contribution >= 0.6 is 23.2 Å².